The standard InChI is InChI=1S/C17H19N3O2S2/c21-24(22,17-6-3-11-23-17)20-9-7-14(8-10-20)12-19-13-18-15-4-1-2-5-16(15)19/h1-6,11,13-14H,7-10,12H2. The Hall–Kier alpha value is -1.70. The minimum Gasteiger partial charge on any atom is -0.330 e. The molecule has 0 bridgehead atoms. The number of hydrogen-bond donors (Lipinski definition) is 0. The second-order valence-electron chi connectivity index (χ2n) is 6.17. The molecular weight excluding hydrogens is 342 g/mol. The Morgan fingerprint density at radius 3 is 2.67 bits per heavy atom. The van der Waals surface area contributed by atoms with Gasteiger partial charge in [0.15, 0.2) is 0 Å². The first kappa shape index (κ1) is 15.8. The van der Waals surface area contributed by atoms with Gasteiger partial charge in [-0.2, -0.15) is 4.31 Å². The third-order valence-electron chi connectivity index (χ3n) is 4.64. The zero-order valence-corrected chi connectivity index (χ0v) is 14.8. The van der Waals surface area contributed by atoms with Crippen LogP contribution >= 0.6 is 11.3 Å². The van der Waals surface area contributed by atoms with E-state index in [1.807, 2.05) is 29.9 Å². The van der Waals surface area contributed by atoms with Crippen molar-refractivity contribution in [3.8, 4) is 0 Å². The maximum absolute atomic E-state index is 12.6. The predicted molar refractivity (Wildman–Crippen MR) is 95.5 cm³/mol. The van der Waals surface area contributed by atoms with Crippen LogP contribution in [0.15, 0.2) is 52.3 Å². The fraction of sp³-hybridized carbons (Fsp3) is 0.353. The van der Waals surface area contributed by atoms with E-state index in [4.69, 9.17) is 0 Å². The Balaban J connectivity index is 1.43. The van der Waals surface area contributed by atoms with E-state index in [1.54, 1.807) is 16.4 Å². The second-order valence-corrected chi connectivity index (χ2v) is 9.28. The monoisotopic (exact) mass is 361 g/mol. The first-order valence-corrected chi connectivity index (χ1v) is 10.4. The van der Waals surface area contributed by atoms with E-state index < -0.39 is 10.0 Å². The van der Waals surface area contributed by atoms with Crippen molar-refractivity contribution in [1.82, 2.24) is 13.9 Å². The molecule has 5 nitrogen and oxygen atoms in total. The summed E-state index contributed by atoms with van der Waals surface area (Å²) in [6.07, 6.45) is 3.66. The highest BCUT2D eigenvalue weighted by Crippen LogP contribution is 2.27. The molecule has 1 aliphatic heterocycles. The van der Waals surface area contributed by atoms with Gasteiger partial charge in [0.1, 0.15) is 4.21 Å². The topological polar surface area (TPSA) is 55.2 Å². The number of imidazole rings is 1. The molecule has 0 amide bonds. The van der Waals surface area contributed by atoms with Crippen LogP contribution in [0.25, 0.3) is 11.0 Å². The van der Waals surface area contributed by atoms with Crippen LogP contribution in [-0.2, 0) is 16.6 Å². The maximum atomic E-state index is 12.6. The summed E-state index contributed by atoms with van der Waals surface area (Å²) in [5.41, 5.74) is 2.15. The van der Waals surface area contributed by atoms with Gasteiger partial charge in [0.05, 0.1) is 17.4 Å². The lowest BCUT2D eigenvalue weighted by molar-refractivity contribution is 0.255. The van der Waals surface area contributed by atoms with E-state index in [-0.39, 0.29) is 0 Å². The summed E-state index contributed by atoms with van der Waals surface area (Å²) >= 11 is 1.29. The average Bonchev–Trinajstić information content (AvgIpc) is 3.26. The highest BCUT2D eigenvalue weighted by atomic mass is 32.2. The van der Waals surface area contributed by atoms with Crippen molar-refractivity contribution >= 4 is 32.4 Å². The lowest BCUT2D eigenvalue weighted by Gasteiger charge is -2.31. The molecule has 0 atom stereocenters. The van der Waals surface area contributed by atoms with E-state index in [1.165, 1.54) is 11.3 Å². The van der Waals surface area contributed by atoms with Gasteiger partial charge in [0, 0.05) is 19.6 Å². The molecule has 0 saturated carbocycles. The van der Waals surface area contributed by atoms with Crippen LogP contribution in [0.2, 0.25) is 0 Å². The third-order valence-corrected chi connectivity index (χ3v) is 7.92. The average molecular weight is 361 g/mol. The third kappa shape index (κ3) is 2.87. The van der Waals surface area contributed by atoms with Gasteiger partial charge in [0.2, 0.25) is 0 Å². The van der Waals surface area contributed by atoms with Crippen LogP contribution in [0, 0.1) is 5.92 Å². The number of sulfonamides is 1. The minimum absolute atomic E-state index is 0.446. The molecule has 126 valence electrons. The summed E-state index contributed by atoms with van der Waals surface area (Å²) in [5, 5.41) is 1.81. The molecule has 1 aromatic carbocycles. The molecule has 0 N–H and O–H groups in total. The van der Waals surface area contributed by atoms with Gasteiger partial charge >= 0.3 is 0 Å². The number of fused-ring (bicyclic) bond motifs is 1. The summed E-state index contributed by atoms with van der Waals surface area (Å²) in [5.74, 6) is 0.484. The number of nitrogens with zero attached hydrogens (tertiary/aromatic N) is 3. The summed E-state index contributed by atoms with van der Waals surface area (Å²) in [4.78, 5) is 4.43. The largest absolute Gasteiger partial charge is 0.330 e. The highest BCUT2D eigenvalue weighted by molar-refractivity contribution is 7.91. The van der Waals surface area contributed by atoms with Crippen molar-refractivity contribution < 1.29 is 8.42 Å². The van der Waals surface area contributed by atoms with Crippen LogP contribution in [0.1, 0.15) is 12.8 Å². The van der Waals surface area contributed by atoms with Crippen LogP contribution in [0.5, 0.6) is 0 Å². The van der Waals surface area contributed by atoms with Gasteiger partial charge in [-0.15, -0.1) is 11.3 Å². The smallest absolute Gasteiger partial charge is 0.252 e. The van der Waals surface area contributed by atoms with Gasteiger partial charge in [-0.3, -0.25) is 0 Å². The Labute approximate surface area is 145 Å². The second kappa shape index (κ2) is 6.31. The predicted octanol–water partition coefficient (Wildman–Crippen LogP) is 3.20. The molecule has 3 heterocycles. The number of hydrogen-bond acceptors (Lipinski definition) is 4. The number of para-hydroxylation sites is 2. The molecule has 1 aliphatic rings. The van der Waals surface area contributed by atoms with Gasteiger partial charge in [-0.1, -0.05) is 18.2 Å². The van der Waals surface area contributed by atoms with Crippen molar-refractivity contribution in [1.29, 1.82) is 0 Å². The molecule has 4 rings (SSSR count). The normalized spacial score (nSPS) is 17.5. The maximum Gasteiger partial charge on any atom is 0.252 e. The number of benzene rings is 1. The van der Waals surface area contributed by atoms with Gasteiger partial charge in [-0.25, -0.2) is 13.4 Å². The molecule has 3 aromatic rings. The van der Waals surface area contributed by atoms with Crippen molar-refractivity contribution in [3.63, 3.8) is 0 Å². The lowest BCUT2D eigenvalue weighted by atomic mass is 9.98. The van der Waals surface area contributed by atoms with E-state index in [2.05, 4.69) is 15.6 Å². The fourth-order valence-electron chi connectivity index (χ4n) is 3.30. The van der Waals surface area contributed by atoms with E-state index in [0.717, 1.165) is 30.4 Å². The summed E-state index contributed by atoms with van der Waals surface area (Å²) in [7, 11) is -3.31. The first-order valence-electron chi connectivity index (χ1n) is 8.08. The number of rotatable bonds is 4. The molecule has 2 aromatic heterocycles. The molecule has 7 heteroatoms. The van der Waals surface area contributed by atoms with Crippen molar-refractivity contribution in [2.24, 2.45) is 5.92 Å². The van der Waals surface area contributed by atoms with Crippen LogP contribution < -0.4 is 0 Å². The summed E-state index contributed by atoms with van der Waals surface area (Å²) in [6, 6.07) is 11.6. The van der Waals surface area contributed by atoms with Crippen LogP contribution in [0.3, 0.4) is 0 Å². The van der Waals surface area contributed by atoms with Gasteiger partial charge in [-0.05, 0) is 42.3 Å². The van der Waals surface area contributed by atoms with Crippen molar-refractivity contribution in [3.05, 3.63) is 48.1 Å². The first-order chi connectivity index (χ1) is 11.6. The lowest BCUT2D eigenvalue weighted by Crippen LogP contribution is -2.38. The Bertz CT molecular complexity index is 924. The quantitative estimate of drug-likeness (QED) is 0.717. The van der Waals surface area contributed by atoms with E-state index >= 15 is 0 Å². The molecule has 0 aliphatic carbocycles. The Morgan fingerprint density at radius 1 is 1.12 bits per heavy atom. The molecule has 1 saturated heterocycles. The number of thiophene rings is 1. The molecule has 24 heavy (non-hydrogen) atoms. The van der Waals surface area contributed by atoms with Crippen molar-refractivity contribution in [2.45, 2.75) is 23.6 Å². The van der Waals surface area contributed by atoms with Crippen LogP contribution in [0.4, 0.5) is 0 Å². The van der Waals surface area contributed by atoms with Crippen LogP contribution in [-0.4, -0.2) is 35.4 Å². The number of aromatic nitrogens is 2. The Morgan fingerprint density at radius 2 is 1.92 bits per heavy atom. The molecular formula is C17H19N3O2S2. The van der Waals surface area contributed by atoms with Gasteiger partial charge in [0.25, 0.3) is 10.0 Å². The SMILES string of the molecule is O=S(=O)(c1cccs1)N1CCC(Cn2cnc3ccccc32)CC1. The van der Waals surface area contributed by atoms with E-state index in [9.17, 15) is 8.42 Å². The number of piperidine rings is 1. The van der Waals surface area contributed by atoms with E-state index in [0.29, 0.717) is 23.2 Å². The van der Waals surface area contributed by atoms with Gasteiger partial charge < -0.3 is 4.57 Å². The summed E-state index contributed by atoms with van der Waals surface area (Å²) < 4.78 is 29.4. The fourth-order valence-corrected chi connectivity index (χ4v) is 5.92. The molecule has 0 radical (unpaired) electrons. The molecule has 1 fully saturated rings. The summed E-state index contributed by atoms with van der Waals surface area (Å²) in [6.45, 7) is 2.09. The van der Waals surface area contributed by atoms with Crippen molar-refractivity contribution in [2.75, 3.05) is 13.1 Å². The minimum atomic E-state index is -3.31. The molecule has 0 spiro atoms. The highest BCUT2D eigenvalue weighted by Gasteiger charge is 2.30. The zero-order chi connectivity index (χ0) is 16.6. The molecule has 0 unspecified atom stereocenters. The Kier molecular flexibility index (Phi) is 4.15. The zero-order valence-electron chi connectivity index (χ0n) is 13.2.